The van der Waals surface area contributed by atoms with E-state index in [2.05, 4.69) is 5.10 Å². The van der Waals surface area contributed by atoms with Gasteiger partial charge >= 0.3 is 6.18 Å². The molecule has 0 aliphatic carbocycles. The summed E-state index contributed by atoms with van der Waals surface area (Å²) in [6.45, 7) is -0.150. The molecule has 0 aliphatic heterocycles. The molecule has 0 radical (unpaired) electrons. The molecule has 1 rings (SSSR count). The van der Waals surface area contributed by atoms with E-state index in [-0.39, 0.29) is 12.1 Å². The highest BCUT2D eigenvalue weighted by Gasteiger charge is 2.36. The van der Waals surface area contributed by atoms with Gasteiger partial charge in [-0.25, -0.2) is 0 Å². The quantitative estimate of drug-likeness (QED) is 0.696. The van der Waals surface area contributed by atoms with Crippen LogP contribution in [0.25, 0.3) is 0 Å². The van der Waals surface area contributed by atoms with Gasteiger partial charge in [-0.05, 0) is 0 Å². The SMILES string of the molecule is Cn1cc(CN)c(C(F)(F)F)n1. The second-order valence-electron chi connectivity index (χ2n) is 2.38. The lowest BCUT2D eigenvalue weighted by molar-refractivity contribution is -0.142. The second kappa shape index (κ2) is 2.78. The first kappa shape index (κ1) is 9.05. The predicted molar refractivity (Wildman–Crippen MR) is 36.1 cm³/mol. The van der Waals surface area contributed by atoms with Crippen LogP contribution in [-0.2, 0) is 19.8 Å². The first-order valence-corrected chi connectivity index (χ1v) is 3.25. The number of alkyl halides is 3. The summed E-state index contributed by atoms with van der Waals surface area (Å²) in [6.07, 6.45) is -3.14. The molecule has 0 fully saturated rings. The molecular formula is C6H8F3N3. The molecule has 2 N–H and O–H groups in total. The lowest BCUT2D eigenvalue weighted by Crippen LogP contribution is -2.11. The molecule has 0 amide bonds. The zero-order valence-electron chi connectivity index (χ0n) is 6.39. The van der Waals surface area contributed by atoms with Gasteiger partial charge in [0.25, 0.3) is 0 Å². The van der Waals surface area contributed by atoms with Gasteiger partial charge in [-0.1, -0.05) is 0 Å². The topological polar surface area (TPSA) is 43.8 Å². The van der Waals surface area contributed by atoms with Gasteiger partial charge in [0.2, 0.25) is 0 Å². The highest BCUT2D eigenvalue weighted by atomic mass is 19.4. The third-order valence-electron chi connectivity index (χ3n) is 1.39. The van der Waals surface area contributed by atoms with Gasteiger partial charge in [0, 0.05) is 25.4 Å². The van der Waals surface area contributed by atoms with Crippen LogP contribution in [0, 0.1) is 0 Å². The van der Waals surface area contributed by atoms with Crippen molar-refractivity contribution >= 4 is 0 Å². The number of halogens is 3. The van der Waals surface area contributed by atoms with E-state index in [1.165, 1.54) is 13.2 Å². The fourth-order valence-electron chi connectivity index (χ4n) is 0.926. The van der Waals surface area contributed by atoms with Gasteiger partial charge in [0.05, 0.1) is 0 Å². The van der Waals surface area contributed by atoms with Crippen molar-refractivity contribution in [2.75, 3.05) is 0 Å². The van der Waals surface area contributed by atoms with Gasteiger partial charge in [-0.2, -0.15) is 18.3 Å². The molecule has 1 aromatic rings. The van der Waals surface area contributed by atoms with Gasteiger partial charge in [0.15, 0.2) is 5.69 Å². The molecule has 0 spiro atoms. The van der Waals surface area contributed by atoms with Crippen LogP contribution in [0.2, 0.25) is 0 Å². The van der Waals surface area contributed by atoms with Crippen LogP contribution in [0.3, 0.4) is 0 Å². The van der Waals surface area contributed by atoms with E-state index in [1.54, 1.807) is 0 Å². The molecule has 3 nitrogen and oxygen atoms in total. The Morgan fingerprint density at radius 1 is 1.58 bits per heavy atom. The van der Waals surface area contributed by atoms with Crippen molar-refractivity contribution in [3.63, 3.8) is 0 Å². The summed E-state index contributed by atoms with van der Waals surface area (Å²) < 4.78 is 37.5. The largest absolute Gasteiger partial charge is 0.435 e. The fraction of sp³-hybridized carbons (Fsp3) is 0.500. The van der Waals surface area contributed by atoms with Crippen LogP contribution in [0.5, 0.6) is 0 Å². The van der Waals surface area contributed by atoms with E-state index in [9.17, 15) is 13.2 Å². The summed E-state index contributed by atoms with van der Waals surface area (Å²) in [6, 6.07) is 0. The van der Waals surface area contributed by atoms with Crippen molar-refractivity contribution in [3.8, 4) is 0 Å². The number of aromatic nitrogens is 2. The zero-order valence-corrected chi connectivity index (χ0v) is 6.39. The maximum Gasteiger partial charge on any atom is 0.435 e. The Balaban J connectivity index is 3.13. The average molecular weight is 179 g/mol. The fourth-order valence-corrected chi connectivity index (χ4v) is 0.926. The monoisotopic (exact) mass is 179 g/mol. The summed E-state index contributed by atoms with van der Waals surface area (Å²) >= 11 is 0. The molecule has 0 aromatic carbocycles. The van der Waals surface area contributed by atoms with E-state index in [4.69, 9.17) is 5.73 Å². The maximum absolute atomic E-state index is 12.1. The number of nitrogens with zero attached hydrogens (tertiary/aromatic N) is 2. The Hall–Kier alpha value is -1.04. The van der Waals surface area contributed by atoms with Crippen molar-refractivity contribution in [2.45, 2.75) is 12.7 Å². The first-order valence-electron chi connectivity index (χ1n) is 3.25. The van der Waals surface area contributed by atoms with Crippen LogP contribution < -0.4 is 5.73 Å². The van der Waals surface area contributed by atoms with Crippen molar-refractivity contribution in [2.24, 2.45) is 12.8 Å². The van der Waals surface area contributed by atoms with Gasteiger partial charge in [-0.3, -0.25) is 4.68 Å². The van der Waals surface area contributed by atoms with Crippen LogP contribution >= 0.6 is 0 Å². The minimum atomic E-state index is -4.41. The third-order valence-corrected chi connectivity index (χ3v) is 1.39. The second-order valence-corrected chi connectivity index (χ2v) is 2.38. The molecule has 0 saturated carbocycles. The van der Waals surface area contributed by atoms with Crippen LogP contribution in [0.4, 0.5) is 13.2 Å². The van der Waals surface area contributed by atoms with Gasteiger partial charge in [0.1, 0.15) is 0 Å². The molecule has 0 unspecified atom stereocenters. The highest BCUT2D eigenvalue weighted by molar-refractivity contribution is 5.19. The molecular weight excluding hydrogens is 171 g/mol. The Bertz CT molecular complexity index is 276. The summed E-state index contributed by atoms with van der Waals surface area (Å²) in [5.74, 6) is 0. The maximum atomic E-state index is 12.1. The number of hydrogen-bond acceptors (Lipinski definition) is 2. The Morgan fingerprint density at radius 3 is 2.50 bits per heavy atom. The third kappa shape index (κ3) is 1.58. The normalized spacial score (nSPS) is 12.1. The molecule has 68 valence electrons. The highest BCUT2D eigenvalue weighted by Crippen LogP contribution is 2.30. The zero-order chi connectivity index (χ0) is 9.35. The Kier molecular flexibility index (Phi) is 2.10. The van der Waals surface area contributed by atoms with E-state index >= 15 is 0 Å². The minimum Gasteiger partial charge on any atom is -0.326 e. The summed E-state index contributed by atoms with van der Waals surface area (Å²) in [5.41, 5.74) is 4.23. The van der Waals surface area contributed by atoms with Crippen LogP contribution in [-0.4, -0.2) is 9.78 Å². The molecule has 1 aromatic heterocycles. The lowest BCUT2D eigenvalue weighted by atomic mass is 10.2. The van der Waals surface area contributed by atoms with Gasteiger partial charge < -0.3 is 5.73 Å². The van der Waals surface area contributed by atoms with Crippen LogP contribution in [0.15, 0.2) is 6.20 Å². The van der Waals surface area contributed by atoms with E-state index < -0.39 is 11.9 Å². The first-order chi connectivity index (χ1) is 5.45. The summed E-state index contributed by atoms with van der Waals surface area (Å²) in [5, 5.41) is 3.26. The van der Waals surface area contributed by atoms with Gasteiger partial charge in [-0.15, -0.1) is 0 Å². The van der Waals surface area contributed by atoms with Crippen molar-refractivity contribution in [3.05, 3.63) is 17.5 Å². The Morgan fingerprint density at radius 2 is 2.17 bits per heavy atom. The lowest BCUT2D eigenvalue weighted by Gasteiger charge is -2.03. The van der Waals surface area contributed by atoms with Crippen LogP contribution in [0.1, 0.15) is 11.3 Å². The Labute approximate surface area is 67.0 Å². The molecule has 12 heavy (non-hydrogen) atoms. The van der Waals surface area contributed by atoms with E-state index in [0.717, 1.165) is 4.68 Å². The molecule has 1 heterocycles. The smallest absolute Gasteiger partial charge is 0.326 e. The molecule has 0 aliphatic rings. The number of nitrogens with two attached hydrogens (primary N) is 1. The van der Waals surface area contributed by atoms with E-state index in [0.29, 0.717) is 0 Å². The average Bonchev–Trinajstić information content (AvgIpc) is 2.29. The molecule has 0 atom stereocenters. The van der Waals surface area contributed by atoms with Crippen molar-refractivity contribution < 1.29 is 13.2 Å². The molecule has 6 heteroatoms. The molecule has 0 bridgehead atoms. The van der Waals surface area contributed by atoms with E-state index in [1.807, 2.05) is 0 Å². The summed E-state index contributed by atoms with van der Waals surface area (Å²) in [4.78, 5) is 0. The van der Waals surface area contributed by atoms with Crippen molar-refractivity contribution in [1.82, 2.24) is 9.78 Å². The summed E-state index contributed by atoms with van der Waals surface area (Å²) in [7, 11) is 1.42. The minimum absolute atomic E-state index is 0.0185. The predicted octanol–water partition coefficient (Wildman–Crippen LogP) is 0.898. The van der Waals surface area contributed by atoms with Crippen molar-refractivity contribution in [1.29, 1.82) is 0 Å². The molecule has 0 saturated heterocycles. The standard InChI is InChI=1S/C6H8F3N3/c1-12-3-4(2-10)5(11-12)6(7,8)9/h3H,2,10H2,1H3. The number of hydrogen-bond donors (Lipinski definition) is 1. The number of aryl methyl sites for hydroxylation is 1. The number of rotatable bonds is 1.